The molecule has 0 radical (unpaired) electrons. The molecule has 0 aromatic carbocycles. The van der Waals surface area contributed by atoms with Gasteiger partial charge in [-0.25, -0.2) is 4.79 Å². The molecule has 0 aliphatic heterocycles. The van der Waals surface area contributed by atoms with E-state index in [4.69, 9.17) is 18.0 Å². The fourth-order valence-electron chi connectivity index (χ4n) is 3.25. The van der Waals surface area contributed by atoms with Gasteiger partial charge in [0.2, 0.25) is 0 Å². The Balaban J connectivity index is 4.89. The molecule has 184 valence electrons. The van der Waals surface area contributed by atoms with E-state index in [9.17, 15) is 4.79 Å². The van der Waals surface area contributed by atoms with Crippen molar-refractivity contribution in [1.82, 2.24) is 0 Å². The van der Waals surface area contributed by atoms with Gasteiger partial charge in [-0.15, -0.1) is 0 Å². The number of unbranched alkanes of at least 4 members (excludes halogenated alkanes) is 3. The Hall–Kier alpha value is -0.693. The van der Waals surface area contributed by atoms with E-state index in [1.807, 2.05) is 0 Å². The van der Waals surface area contributed by atoms with E-state index in [0.717, 1.165) is 63.8 Å². The Morgan fingerprint density at radius 2 is 1.52 bits per heavy atom. The van der Waals surface area contributed by atoms with Crippen LogP contribution in [0.4, 0.5) is 0 Å². The number of hydrogen-bond acceptors (Lipinski definition) is 5. The third kappa shape index (κ3) is 12.8. The minimum atomic E-state index is -2.79. The third-order valence-corrected chi connectivity index (χ3v) is 9.24. The van der Waals surface area contributed by atoms with Gasteiger partial charge >= 0.3 is 14.8 Å². The van der Waals surface area contributed by atoms with Crippen molar-refractivity contribution < 1.29 is 22.8 Å². The first-order valence-corrected chi connectivity index (χ1v) is 14.4. The Bertz CT molecular complexity index is 498. The Kier molecular flexibility index (Phi) is 15.6. The quantitative estimate of drug-likeness (QED) is 0.0885. The maximum atomic E-state index is 11.4. The molecule has 0 aromatic rings. The van der Waals surface area contributed by atoms with Crippen molar-refractivity contribution in [3.8, 4) is 0 Å². The zero-order chi connectivity index (χ0) is 23.9. The van der Waals surface area contributed by atoms with Crippen LogP contribution < -0.4 is 0 Å². The van der Waals surface area contributed by atoms with Crippen LogP contribution in [0.25, 0.3) is 0 Å². The summed E-state index contributed by atoms with van der Waals surface area (Å²) >= 11 is 0. The zero-order valence-electron chi connectivity index (χ0n) is 21.7. The molecule has 3 unspecified atom stereocenters. The highest BCUT2D eigenvalue weighted by molar-refractivity contribution is 6.61. The average molecular weight is 459 g/mol. The molecular weight excluding hydrogens is 408 g/mol. The monoisotopic (exact) mass is 458 g/mol. The van der Waals surface area contributed by atoms with E-state index in [-0.39, 0.29) is 23.8 Å². The summed E-state index contributed by atoms with van der Waals surface area (Å²) < 4.78 is 25.1. The van der Waals surface area contributed by atoms with Crippen LogP contribution in [0.3, 0.4) is 0 Å². The van der Waals surface area contributed by atoms with E-state index >= 15 is 0 Å². The summed E-state index contributed by atoms with van der Waals surface area (Å²) in [4.78, 5) is 11.4. The van der Waals surface area contributed by atoms with Crippen molar-refractivity contribution in [3.05, 3.63) is 12.2 Å². The smallest absolute Gasteiger partial charge is 0.462 e. The molecule has 3 atom stereocenters. The summed E-state index contributed by atoms with van der Waals surface area (Å²) in [5.41, 5.74) is 0.198. The Morgan fingerprint density at radius 3 is 1.97 bits per heavy atom. The lowest BCUT2D eigenvalue weighted by Crippen LogP contribution is -2.54. The van der Waals surface area contributed by atoms with Crippen molar-refractivity contribution in [1.29, 1.82) is 0 Å². The highest BCUT2D eigenvalue weighted by atomic mass is 28.4. The SMILES string of the molecule is C=C(C)C(=O)OCCCCCCC(C)(CC)O[Si](CCC)(OC(C)CC)OC(C)CC. The summed E-state index contributed by atoms with van der Waals surface area (Å²) in [6.45, 7) is 20.8. The summed E-state index contributed by atoms with van der Waals surface area (Å²) in [6.07, 6.45) is 9.12. The van der Waals surface area contributed by atoms with Crippen LogP contribution in [0, 0.1) is 0 Å². The van der Waals surface area contributed by atoms with Crippen LogP contribution in [0.5, 0.6) is 0 Å². The van der Waals surface area contributed by atoms with Gasteiger partial charge in [-0.3, -0.25) is 0 Å². The van der Waals surface area contributed by atoms with E-state index in [1.165, 1.54) is 0 Å². The first-order chi connectivity index (χ1) is 14.6. The lowest BCUT2D eigenvalue weighted by Gasteiger charge is -2.41. The molecule has 0 rings (SSSR count). The van der Waals surface area contributed by atoms with Crippen molar-refractivity contribution in [2.75, 3.05) is 6.61 Å². The van der Waals surface area contributed by atoms with Crippen LogP contribution in [-0.2, 0) is 22.8 Å². The van der Waals surface area contributed by atoms with E-state index in [1.54, 1.807) is 6.92 Å². The predicted molar refractivity (Wildman–Crippen MR) is 131 cm³/mol. The van der Waals surface area contributed by atoms with Gasteiger partial charge in [0.15, 0.2) is 0 Å². The molecule has 5 nitrogen and oxygen atoms in total. The van der Waals surface area contributed by atoms with Crippen molar-refractivity contribution >= 4 is 14.8 Å². The van der Waals surface area contributed by atoms with Crippen LogP contribution >= 0.6 is 0 Å². The fourth-order valence-corrected chi connectivity index (χ4v) is 6.91. The average Bonchev–Trinajstić information content (AvgIpc) is 2.72. The first-order valence-electron chi connectivity index (χ1n) is 12.4. The molecule has 0 spiro atoms. The van der Waals surface area contributed by atoms with Gasteiger partial charge in [-0.2, -0.15) is 0 Å². The lowest BCUT2D eigenvalue weighted by atomic mass is 9.95. The van der Waals surface area contributed by atoms with Gasteiger partial charge < -0.3 is 18.0 Å². The van der Waals surface area contributed by atoms with E-state index in [0.29, 0.717) is 12.2 Å². The van der Waals surface area contributed by atoms with Gasteiger partial charge in [0.1, 0.15) is 0 Å². The minimum Gasteiger partial charge on any atom is -0.462 e. The molecule has 6 heteroatoms. The van der Waals surface area contributed by atoms with E-state index < -0.39 is 8.80 Å². The first kappa shape index (κ1) is 30.3. The van der Waals surface area contributed by atoms with Gasteiger partial charge in [-0.1, -0.05) is 60.0 Å². The predicted octanol–water partition coefficient (Wildman–Crippen LogP) is 7.22. The van der Waals surface area contributed by atoms with Crippen LogP contribution in [0.2, 0.25) is 6.04 Å². The van der Waals surface area contributed by atoms with Gasteiger partial charge in [0, 0.05) is 23.8 Å². The highest BCUT2D eigenvalue weighted by Gasteiger charge is 2.47. The molecule has 0 amide bonds. The van der Waals surface area contributed by atoms with Crippen molar-refractivity contribution in [2.24, 2.45) is 0 Å². The van der Waals surface area contributed by atoms with Crippen LogP contribution in [0.15, 0.2) is 12.2 Å². The molecule has 0 fully saturated rings. The second kappa shape index (κ2) is 16.0. The molecule has 0 saturated heterocycles. The number of rotatable bonds is 19. The van der Waals surface area contributed by atoms with Crippen molar-refractivity contribution in [2.45, 2.75) is 137 Å². The highest BCUT2D eigenvalue weighted by Crippen LogP contribution is 2.33. The zero-order valence-corrected chi connectivity index (χ0v) is 22.7. The van der Waals surface area contributed by atoms with E-state index in [2.05, 4.69) is 55.0 Å². The number of carbonyl (C=O) groups is 1. The topological polar surface area (TPSA) is 54.0 Å². The second-order valence-corrected chi connectivity index (χ2v) is 11.6. The second-order valence-electron chi connectivity index (χ2n) is 9.09. The van der Waals surface area contributed by atoms with Crippen LogP contribution in [-0.4, -0.2) is 39.2 Å². The summed E-state index contributed by atoms with van der Waals surface area (Å²) in [6, 6.07) is 0.853. The molecule has 0 saturated carbocycles. The standard InChI is InChI=1S/C25H50O5Si/c1-10-20-31(28-22(7)11-2,29-23(8)12-3)30-25(9,13-4)18-16-14-15-17-19-27-24(26)21(5)6/h22-23H,5,10-20H2,1-4,6-9H3. The largest absolute Gasteiger partial charge is 0.501 e. The summed E-state index contributed by atoms with van der Waals surface area (Å²) in [5, 5.41) is 0. The minimum absolute atomic E-state index is 0.130. The Labute approximate surface area is 193 Å². The van der Waals surface area contributed by atoms with Crippen LogP contribution in [0.1, 0.15) is 113 Å². The number of carbonyl (C=O) groups excluding carboxylic acids is 1. The molecule has 0 bridgehead atoms. The molecule has 0 aromatic heterocycles. The Morgan fingerprint density at radius 1 is 0.968 bits per heavy atom. The lowest BCUT2D eigenvalue weighted by molar-refractivity contribution is -0.139. The maximum absolute atomic E-state index is 11.4. The third-order valence-electron chi connectivity index (χ3n) is 5.80. The molecule has 31 heavy (non-hydrogen) atoms. The van der Waals surface area contributed by atoms with Gasteiger partial charge in [0.05, 0.1) is 12.2 Å². The number of ether oxygens (including phenoxy) is 1. The fraction of sp³-hybridized carbons (Fsp3) is 0.880. The molecule has 0 aliphatic carbocycles. The molecular formula is C25H50O5Si. The molecule has 0 heterocycles. The maximum Gasteiger partial charge on any atom is 0.501 e. The number of hydrogen-bond donors (Lipinski definition) is 0. The summed E-state index contributed by atoms with van der Waals surface area (Å²) in [7, 11) is -2.79. The van der Waals surface area contributed by atoms with Gasteiger partial charge in [-0.05, 0) is 59.8 Å². The van der Waals surface area contributed by atoms with Gasteiger partial charge in [0.25, 0.3) is 0 Å². The molecule has 0 N–H and O–H groups in total. The normalized spacial score (nSPS) is 17.4. The van der Waals surface area contributed by atoms with Crippen molar-refractivity contribution in [3.63, 3.8) is 0 Å². The molecule has 0 aliphatic rings. The number of esters is 1. The summed E-state index contributed by atoms with van der Waals surface area (Å²) in [5.74, 6) is -0.299.